The number of aryl methyl sites for hydroxylation is 1. The Hall–Kier alpha value is -5.05. The molecule has 12 heteroatoms. The molecule has 3 aromatic heterocycles. The van der Waals surface area contributed by atoms with E-state index in [-0.39, 0.29) is 23.7 Å². The van der Waals surface area contributed by atoms with Crippen LogP contribution in [0.2, 0.25) is 0 Å². The van der Waals surface area contributed by atoms with Crippen LogP contribution in [-0.2, 0) is 12.7 Å². The summed E-state index contributed by atoms with van der Waals surface area (Å²) >= 11 is 0. The molecule has 3 heterocycles. The van der Waals surface area contributed by atoms with E-state index in [2.05, 4.69) is 25.6 Å². The number of alkyl halides is 3. The van der Waals surface area contributed by atoms with Gasteiger partial charge in [0.2, 0.25) is 0 Å². The fraction of sp³-hybridized carbons (Fsp3) is 0.148. The molecule has 1 amide bonds. The average Bonchev–Trinajstić information content (AvgIpc) is 3.49. The number of H-pyrrole nitrogens is 1. The first-order valence-corrected chi connectivity index (χ1v) is 11.6. The highest BCUT2D eigenvalue weighted by Gasteiger charge is 2.35. The third-order valence-electron chi connectivity index (χ3n) is 6.30. The summed E-state index contributed by atoms with van der Waals surface area (Å²) in [5.74, 6) is -0.937. The molecule has 2 aromatic carbocycles. The van der Waals surface area contributed by atoms with Gasteiger partial charge in [-0.1, -0.05) is 12.1 Å². The average molecular weight is 533 g/mol. The zero-order valence-corrected chi connectivity index (χ0v) is 20.6. The number of benzene rings is 2. The van der Waals surface area contributed by atoms with Gasteiger partial charge in [0, 0.05) is 34.3 Å². The number of nitrogens with zero attached hydrogens (tertiary/aromatic N) is 5. The lowest BCUT2D eigenvalue weighted by atomic mass is 10.0. The summed E-state index contributed by atoms with van der Waals surface area (Å²) in [6.07, 6.45) is -2.04. The summed E-state index contributed by atoms with van der Waals surface area (Å²) in [6.45, 7) is 3.25. The second kappa shape index (κ2) is 9.68. The van der Waals surface area contributed by atoms with Crippen LogP contribution >= 0.6 is 0 Å². The van der Waals surface area contributed by atoms with Crippen molar-refractivity contribution in [2.45, 2.75) is 26.6 Å². The molecule has 0 radical (unpaired) electrons. The maximum absolute atomic E-state index is 15.1. The van der Waals surface area contributed by atoms with Crippen LogP contribution in [0.3, 0.4) is 0 Å². The standard InChI is InChI=1S/C27H19F4N7O/c1-14-25(15(2)38(37-14)20-9-21(27(29,30)31)24(10-32)33-13-20)16-3-4-18(22(28)8-16)11-34-26(39)17-5-6-23-19(7-17)12-35-36-23/h3-9,12-13H,11H2,1-2H3,(H,34,39)(H,35,36). The number of aromatic nitrogens is 5. The lowest BCUT2D eigenvalue weighted by Crippen LogP contribution is -2.23. The van der Waals surface area contributed by atoms with E-state index in [4.69, 9.17) is 5.26 Å². The molecular weight excluding hydrogens is 514 g/mol. The van der Waals surface area contributed by atoms with Crippen LogP contribution in [-0.4, -0.2) is 30.9 Å². The first-order chi connectivity index (χ1) is 18.6. The number of halogens is 4. The molecule has 0 aliphatic carbocycles. The number of nitrogens with one attached hydrogen (secondary N) is 2. The Kier molecular flexibility index (Phi) is 6.35. The number of rotatable bonds is 5. The lowest BCUT2D eigenvalue weighted by Gasteiger charge is -2.11. The SMILES string of the molecule is Cc1nn(-c2cnc(C#N)c(C(F)(F)F)c2)c(C)c1-c1ccc(CNC(=O)c2ccc3[nH]ncc3c2)c(F)c1. The Balaban J connectivity index is 1.39. The Labute approximate surface area is 218 Å². The van der Waals surface area contributed by atoms with Crippen LogP contribution in [0.25, 0.3) is 27.7 Å². The fourth-order valence-corrected chi connectivity index (χ4v) is 4.39. The van der Waals surface area contributed by atoms with Crippen LogP contribution in [0.15, 0.2) is 54.9 Å². The van der Waals surface area contributed by atoms with Gasteiger partial charge in [0.1, 0.15) is 11.9 Å². The highest BCUT2D eigenvalue weighted by molar-refractivity contribution is 5.97. The normalized spacial score (nSPS) is 11.5. The predicted molar refractivity (Wildman–Crippen MR) is 133 cm³/mol. The number of fused-ring (bicyclic) bond motifs is 1. The van der Waals surface area contributed by atoms with Crippen molar-refractivity contribution in [2.24, 2.45) is 0 Å². The third-order valence-corrected chi connectivity index (χ3v) is 6.30. The van der Waals surface area contributed by atoms with E-state index in [9.17, 15) is 18.0 Å². The van der Waals surface area contributed by atoms with Crippen molar-refractivity contribution in [3.63, 3.8) is 0 Å². The molecule has 0 atom stereocenters. The van der Waals surface area contributed by atoms with E-state index >= 15 is 4.39 Å². The molecule has 0 aliphatic rings. The molecule has 0 saturated heterocycles. The number of carbonyl (C=O) groups is 1. The summed E-state index contributed by atoms with van der Waals surface area (Å²) in [6, 6.07) is 11.8. The van der Waals surface area contributed by atoms with Crippen LogP contribution in [0, 0.1) is 31.0 Å². The van der Waals surface area contributed by atoms with Crippen LogP contribution in [0.5, 0.6) is 0 Å². The monoisotopic (exact) mass is 533 g/mol. The smallest absolute Gasteiger partial charge is 0.348 e. The lowest BCUT2D eigenvalue weighted by molar-refractivity contribution is -0.138. The third kappa shape index (κ3) is 4.82. The van der Waals surface area contributed by atoms with Gasteiger partial charge >= 0.3 is 6.18 Å². The molecule has 5 rings (SSSR count). The molecule has 0 saturated carbocycles. The van der Waals surface area contributed by atoms with Gasteiger partial charge in [0.25, 0.3) is 5.91 Å². The molecule has 196 valence electrons. The topological polar surface area (TPSA) is 112 Å². The van der Waals surface area contributed by atoms with Crippen molar-refractivity contribution in [1.29, 1.82) is 5.26 Å². The summed E-state index contributed by atoms with van der Waals surface area (Å²) < 4.78 is 56.6. The number of carbonyl (C=O) groups excluding carboxylic acids is 1. The zero-order valence-electron chi connectivity index (χ0n) is 20.6. The Bertz CT molecular complexity index is 1780. The Morgan fingerprint density at radius 3 is 2.64 bits per heavy atom. The van der Waals surface area contributed by atoms with Crippen molar-refractivity contribution in [3.8, 4) is 22.9 Å². The number of aromatic amines is 1. The van der Waals surface area contributed by atoms with Gasteiger partial charge in [-0.25, -0.2) is 14.1 Å². The molecule has 39 heavy (non-hydrogen) atoms. The number of nitriles is 1. The van der Waals surface area contributed by atoms with E-state index < -0.39 is 23.3 Å². The van der Waals surface area contributed by atoms with E-state index in [0.29, 0.717) is 28.1 Å². The molecule has 0 fully saturated rings. The number of pyridine rings is 1. The second-order valence-corrected chi connectivity index (χ2v) is 8.82. The van der Waals surface area contributed by atoms with Crippen LogP contribution < -0.4 is 5.32 Å². The minimum Gasteiger partial charge on any atom is -0.348 e. The number of hydrogen-bond donors (Lipinski definition) is 2. The summed E-state index contributed by atoms with van der Waals surface area (Å²) in [5, 5.41) is 23.5. The zero-order chi connectivity index (χ0) is 27.9. The number of hydrogen-bond acceptors (Lipinski definition) is 5. The van der Waals surface area contributed by atoms with Crippen molar-refractivity contribution in [3.05, 3.63) is 94.4 Å². The van der Waals surface area contributed by atoms with Crippen molar-refractivity contribution in [1.82, 2.24) is 30.3 Å². The maximum atomic E-state index is 15.1. The van der Waals surface area contributed by atoms with Crippen molar-refractivity contribution >= 4 is 16.8 Å². The molecule has 0 aliphatic heterocycles. The van der Waals surface area contributed by atoms with Crippen LogP contribution in [0.4, 0.5) is 17.6 Å². The van der Waals surface area contributed by atoms with E-state index in [0.717, 1.165) is 23.2 Å². The maximum Gasteiger partial charge on any atom is 0.419 e. The Morgan fingerprint density at radius 2 is 1.92 bits per heavy atom. The highest BCUT2D eigenvalue weighted by atomic mass is 19.4. The van der Waals surface area contributed by atoms with Gasteiger partial charge in [-0.05, 0) is 49.7 Å². The fourth-order valence-electron chi connectivity index (χ4n) is 4.39. The van der Waals surface area contributed by atoms with Gasteiger partial charge in [-0.3, -0.25) is 9.89 Å². The molecule has 0 unspecified atom stereocenters. The molecular formula is C27H19F4N7O. The van der Waals surface area contributed by atoms with Gasteiger partial charge in [-0.15, -0.1) is 0 Å². The predicted octanol–water partition coefficient (Wildman–Crippen LogP) is 5.39. The van der Waals surface area contributed by atoms with Gasteiger partial charge in [0.15, 0.2) is 5.69 Å². The summed E-state index contributed by atoms with van der Waals surface area (Å²) in [7, 11) is 0. The second-order valence-electron chi connectivity index (χ2n) is 8.82. The van der Waals surface area contributed by atoms with Gasteiger partial charge in [-0.2, -0.15) is 28.6 Å². The molecule has 0 bridgehead atoms. The van der Waals surface area contributed by atoms with Gasteiger partial charge < -0.3 is 5.32 Å². The first-order valence-electron chi connectivity index (χ1n) is 11.6. The molecule has 0 spiro atoms. The molecule has 8 nitrogen and oxygen atoms in total. The highest BCUT2D eigenvalue weighted by Crippen LogP contribution is 2.34. The summed E-state index contributed by atoms with van der Waals surface area (Å²) in [5.41, 5.74) is 1.49. The van der Waals surface area contributed by atoms with Crippen molar-refractivity contribution in [2.75, 3.05) is 0 Å². The van der Waals surface area contributed by atoms with E-state index in [1.54, 1.807) is 44.3 Å². The number of amides is 1. The summed E-state index contributed by atoms with van der Waals surface area (Å²) in [4.78, 5) is 16.2. The molecule has 2 N–H and O–H groups in total. The van der Waals surface area contributed by atoms with Crippen LogP contribution in [0.1, 0.15) is 38.6 Å². The van der Waals surface area contributed by atoms with Crippen molar-refractivity contribution < 1.29 is 22.4 Å². The minimum atomic E-state index is -4.77. The quantitative estimate of drug-likeness (QED) is 0.294. The largest absolute Gasteiger partial charge is 0.419 e. The van der Waals surface area contributed by atoms with E-state index in [1.807, 2.05) is 0 Å². The first kappa shape index (κ1) is 25.6. The molecule has 5 aromatic rings. The minimum absolute atomic E-state index is 0.0154. The van der Waals surface area contributed by atoms with E-state index in [1.165, 1.54) is 22.9 Å². The van der Waals surface area contributed by atoms with Gasteiger partial charge in [0.05, 0.1) is 34.9 Å². The Morgan fingerprint density at radius 1 is 1.13 bits per heavy atom.